The molecule has 2 heterocycles. The highest BCUT2D eigenvalue weighted by molar-refractivity contribution is 7.22. The van der Waals surface area contributed by atoms with Gasteiger partial charge in [0, 0.05) is 19.1 Å². The molecule has 1 aliphatic heterocycles. The maximum atomic E-state index is 13.7. The molecular weight excluding hydrogens is 309 g/mol. The topological polar surface area (TPSA) is 28.2 Å². The van der Waals surface area contributed by atoms with Crippen LogP contribution < -0.4 is 10.2 Å². The Bertz CT molecular complexity index is 776. The molecule has 1 aliphatic rings. The van der Waals surface area contributed by atoms with Crippen molar-refractivity contribution in [2.75, 3.05) is 23.3 Å². The van der Waals surface area contributed by atoms with Gasteiger partial charge in [0.25, 0.3) is 0 Å². The quantitative estimate of drug-likeness (QED) is 0.767. The molecule has 3 aromatic rings. The standard InChI is InChI=1S/C18H18FN3S/c19-14-5-1-2-6-15(14)20-13-9-11-22(12-10-13)18-21-16-7-3-4-8-17(16)23-18/h1-8,13,20H,9-12H2. The lowest BCUT2D eigenvalue weighted by Crippen LogP contribution is -2.39. The molecule has 0 aliphatic carbocycles. The van der Waals surface area contributed by atoms with E-state index >= 15 is 0 Å². The number of fused-ring (bicyclic) bond motifs is 1. The highest BCUT2D eigenvalue weighted by Crippen LogP contribution is 2.30. The molecule has 23 heavy (non-hydrogen) atoms. The number of halogens is 1. The molecular formula is C18H18FN3S. The fraction of sp³-hybridized carbons (Fsp3) is 0.278. The molecule has 0 spiro atoms. The summed E-state index contributed by atoms with van der Waals surface area (Å²) >= 11 is 1.75. The molecule has 1 saturated heterocycles. The maximum absolute atomic E-state index is 13.7. The third kappa shape index (κ3) is 3.01. The third-order valence-electron chi connectivity index (χ3n) is 4.28. The average molecular weight is 327 g/mol. The van der Waals surface area contributed by atoms with Gasteiger partial charge in [-0.05, 0) is 37.1 Å². The zero-order valence-electron chi connectivity index (χ0n) is 12.7. The maximum Gasteiger partial charge on any atom is 0.186 e. The van der Waals surface area contributed by atoms with Crippen LogP contribution in [0, 0.1) is 5.82 Å². The lowest BCUT2D eigenvalue weighted by molar-refractivity contribution is 0.522. The predicted octanol–water partition coefficient (Wildman–Crippen LogP) is 4.52. The van der Waals surface area contributed by atoms with Gasteiger partial charge in [0.05, 0.1) is 15.9 Å². The van der Waals surface area contributed by atoms with Crippen LogP contribution in [0.15, 0.2) is 48.5 Å². The molecule has 1 aromatic heterocycles. The number of rotatable bonds is 3. The number of nitrogens with zero attached hydrogens (tertiary/aromatic N) is 2. The number of aromatic nitrogens is 1. The summed E-state index contributed by atoms with van der Waals surface area (Å²) in [4.78, 5) is 7.06. The second kappa shape index (κ2) is 6.16. The highest BCUT2D eigenvalue weighted by atomic mass is 32.1. The first-order chi connectivity index (χ1) is 11.3. The number of thiazole rings is 1. The first-order valence-corrected chi connectivity index (χ1v) is 8.73. The van der Waals surface area contributed by atoms with Crippen LogP contribution in [0.3, 0.4) is 0 Å². The van der Waals surface area contributed by atoms with Crippen molar-refractivity contribution >= 4 is 32.4 Å². The molecule has 0 radical (unpaired) electrons. The van der Waals surface area contributed by atoms with Crippen molar-refractivity contribution in [1.29, 1.82) is 0 Å². The number of hydrogen-bond acceptors (Lipinski definition) is 4. The van der Waals surface area contributed by atoms with Gasteiger partial charge in [0.2, 0.25) is 0 Å². The molecule has 118 valence electrons. The van der Waals surface area contributed by atoms with Gasteiger partial charge in [-0.15, -0.1) is 0 Å². The van der Waals surface area contributed by atoms with E-state index in [1.54, 1.807) is 23.5 Å². The highest BCUT2D eigenvalue weighted by Gasteiger charge is 2.22. The summed E-state index contributed by atoms with van der Waals surface area (Å²) in [7, 11) is 0. The summed E-state index contributed by atoms with van der Waals surface area (Å²) in [5, 5.41) is 4.42. The van der Waals surface area contributed by atoms with Crippen molar-refractivity contribution in [3.05, 3.63) is 54.3 Å². The molecule has 4 rings (SSSR count). The van der Waals surface area contributed by atoms with Crippen LogP contribution >= 0.6 is 11.3 Å². The molecule has 1 fully saturated rings. The smallest absolute Gasteiger partial charge is 0.186 e. The van der Waals surface area contributed by atoms with Gasteiger partial charge < -0.3 is 10.2 Å². The monoisotopic (exact) mass is 327 g/mol. The van der Waals surface area contributed by atoms with Crippen molar-refractivity contribution in [2.24, 2.45) is 0 Å². The summed E-state index contributed by atoms with van der Waals surface area (Å²) in [6, 6.07) is 15.4. The zero-order valence-corrected chi connectivity index (χ0v) is 13.5. The van der Waals surface area contributed by atoms with E-state index in [1.165, 1.54) is 10.8 Å². The van der Waals surface area contributed by atoms with E-state index in [2.05, 4.69) is 28.4 Å². The van der Waals surface area contributed by atoms with E-state index in [4.69, 9.17) is 4.98 Å². The van der Waals surface area contributed by atoms with E-state index in [9.17, 15) is 4.39 Å². The van der Waals surface area contributed by atoms with Gasteiger partial charge in [-0.1, -0.05) is 35.6 Å². The van der Waals surface area contributed by atoms with E-state index < -0.39 is 0 Å². The van der Waals surface area contributed by atoms with Gasteiger partial charge in [0.15, 0.2) is 5.13 Å². The van der Waals surface area contributed by atoms with Gasteiger partial charge in [0.1, 0.15) is 5.82 Å². The summed E-state index contributed by atoms with van der Waals surface area (Å²) in [6.07, 6.45) is 1.98. The minimum Gasteiger partial charge on any atom is -0.380 e. The molecule has 0 atom stereocenters. The van der Waals surface area contributed by atoms with E-state index in [-0.39, 0.29) is 5.82 Å². The number of benzene rings is 2. The first kappa shape index (κ1) is 14.5. The molecule has 1 N–H and O–H groups in total. The number of hydrogen-bond donors (Lipinski definition) is 1. The predicted molar refractivity (Wildman–Crippen MR) is 94.9 cm³/mol. The minimum atomic E-state index is -0.180. The second-order valence-electron chi connectivity index (χ2n) is 5.85. The van der Waals surface area contributed by atoms with E-state index in [1.807, 2.05) is 12.1 Å². The fourth-order valence-corrected chi connectivity index (χ4v) is 4.03. The minimum absolute atomic E-state index is 0.180. The van der Waals surface area contributed by atoms with Crippen LogP contribution in [0.4, 0.5) is 15.2 Å². The fourth-order valence-electron chi connectivity index (χ4n) is 3.01. The molecule has 2 aromatic carbocycles. The largest absolute Gasteiger partial charge is 0.380 e. The summed E-state index contributed by atoms with van der Waals surface area (Å²) in [6.45, 7) is 1.90. The van der Waals surface area contributed by atoms with E-state index in [0.29, 0.717) is 11.7 Å². The summed E-state index contributed by atoms with van der Waals surface area (Å²) in [5.74, 6) is -0.180. The van der Waals surface area contributed by atoms with Gasteiger partial charge in [-0.3, -0.25) is 0 Å². The van der Waals surface area contributed by atoms with Crippen molar-refractivity contribution in [3.63, 3.8) is 0 Å². The number of piperidine rings is 1. The molecule has 0 saturated carbocycles. The Hall–Kier alpha value is -2.14. The van der Waals surface area contributed by atoms with Crippen LogP contribution in [-0.2, 0) is 0 Å². The first-order valence-electron chi connectivity index (χ1n) is 7.91. The van der Waals surface area contributed by atoms with Crippen LogP contribution in [0.2, 0.25) is 0 Å². The molecule has 0 bridgehead atoms. The number of para-hydroxylation sites is 2. The van der Waals surface area contributed by atoms with Gasteiger partial charge >= 0.3 is 0 Å². The summed E-state index contributed by atoms with van der Waals surface area (Å²) in [5.41, 5.74) is 1.67. The lowest BCUT2D eigenvalue weighted by Gasteiger charge is -2.32. The van der Waals surface area contributed by atoms with Crippen LogP contribution in [0.5, 0.6) is 0 Å². The SMILES string of the molecule is Fc1ccccc1NC1CCN(c2nc3ccccc3s2)CC1. The third-order valence-corrected chi connectivity index (χ3v) is 5.38. The Morgan fingerprint density at radius 3 is 2.57 bits per heavy atom. The Morgan fingerprint density at radius 2 is 1.78 bits per heavy atom. The van der Waals surface area contributed by atoms with Gasteiger partial charge in [-0.25, -0.2) is 9.37 Å². The Morgan fingerprint density at radius 1 is 1.04 bits per heavy atom. The van der Waals surface area contributed by atoms with Crippen LogP contribution in [0.1, 0.15) is 12.8 Å². The van der Waals surface area contributed by atoms with Gasteiger partial charge in [-0.2, -0.15) is 0 Å². The summed E-state index contributed by atoms with van der Waals surface area (Å²) < 4.78 is 15.0. The Kier molecular flexibility index (Phi) is 3.87. The molecule has 0 unspecified atom stereocenters. The van der Waals surface area contributed by atoms with Crippen LogP contribution in [0.25, 0.3) is 10.2 Å². The lowest BCUT2D eigenvalue weighted by atomic mass is 10.1. The molecule has 0 amide bonds. The van der Waals surface area contributed by atoms with Crippen molar-refractivity contribution < 1.29 is 4.39 Å². The second-order valence-corrected chi connectivity index (χ2v) is 6.86. The number of anilines is 2. The normalized spacial score (nSPS) is 16.0. The van der Waals surface area contributed by atoms with Crippen LogP contribution in [-0.4, -0.2) is 24.1 Å². The molecule has 5 heteroatoms. The number of nitrogens with one attached hydrogen (secondary N) is 1. The van der Waals surface area contributed by atoms with Crippen molar-refractivity contribution in [1.82, 2.24) is 4.98 Å². The van der Waals surface area contributed by atoms with Crippen molar-refractivity contribution in [3.8, 4) is 0 Å². The van der Waals surface area contributed by atoms with E-state index in [0.717, 1.165) is 36.6 Å². The Labute approximate surface area is 138 Å². The average Bonchev–Trinajstić information content (AvgIpc) is 3.02. The Balaban J connectivity index is 1.41. The molecule has 3 nitrogen and oxygen atoms in total. The zero-order chi connectivity index (χ0) is 15.6. The van der Waals surface area contributed by atoms with Crippen molar-refractivity contribution in [2.45, 2.75) is 18.9 Å².